The minimum absolute atomic E-state index is 0.0162. The lowest BCUT2D eigenvalue weighted by molar-refractivity contribution is 0.0755. The van der Waals surface area contributed by atoms with E-state index in [1.807, 2.05) is 38.1 Å². The Morgan fingerprint density at radius 1 is 1.33 bits per heavy atom. The molecule has 4 nitrogen and oxygen atoms in total. The number of rotatable bonds is 7. The predicted molar refractivity (Wildman–Crippen MR) is 73.9 cm³/mol. The van der Waals surface area contributed by atoms with Crippen LogP contribution in [-0.4, -0.2) is 42.2 Å². The van der Waals surface area contributed by atoms with Gasteiger partial charge in [-0.15, -0.1) is 0 Å². The second-order valence-corrected chi connectivity index (χ2v) is 4.04. The van der Waals surface area contributed by atoms with Crippen molar-refractivity contribution >= 4 is 11.6 Å². The van der Waals surface area contributed by atoms with Crippen molar-refractivity contribution in [2.45, 2.75) is 20.3 Å². The van der Waals surface area contributed by atoms with Gasteiger partial charge in [0.15, 0.2) is 0 Å². The normalized spacial score (nSPS) is 10.2. The van der Waals surface area contributed by atoms with E-state index in [2.05, 4.69) is 5.32 Å². The fourth-order valence-electron chi connectivity index (χ4n) is 1.85. The van der Waals surface area contributed by atoms with Gasteiger partial charge in [0.1, 0.15) is 0 Å². The van der Waals surface area contributed by atoms with Crippen LogP contribution in [0.4, 0.5) is 5.69 Å². The molecule has 0 radical (unpaired) electrons. The monoisotopic (exact) mass is 250 g/mol. The van der Waals surface area contributed by atoms with Crippen LogP contribution in [-0.2, 0) is 0 Å². The first-order valence-electron chi connectivity index (χ1n) is 6.47. The summed E-state index contributed by atoms with van der Waals surface area (Å²) in [5.74, 6) is 0.0162. The van der Waals surface area contributed by atoms with E-state index < -0.39 is 0 Å². The molecule has 2 N–H and O–H groups in total. The number of benzene rings is 1. The van der Waals surface area contributed by atoms with Gasteiger partial charge in [0.2, 0.25) is 0 Å². The van der Waals surface area contributed by atoms with Gasteiger partial charge in [-0.05, 0) is 32.4 Å². The van der Waals surface area contributed by atoms with Crippen LogP contribution in [0.3, 0.4) is 0 Å². The molecule has 0 aliphatic heterocycles. The molecule has 100 valence electrons. The highest BCUT2D eigenvalue weighted by Gasteiger charge is 2.16. The molecule has 0 aliphatic carbocycles. The average Bonchev–Trinajstić information content (AvgIpc) is 2.40. The summed E-state index contributed by atoms with van der Waals surface area (Å²) >= 11 is 0. The molecule has 4 heteroatoms. The van der Waals surface area contributed by atoms with Gasteiger partial charge in [-0.3, -0.25) is 4.79 Å². The van der Waals surface area contributed by atoms with E-state index in [-0.39, 0.29) is 12.5 Å². The van der Waals surface area contributed by atoms with Crippen LogP contribution in [0.15, 0.2) is 24.3 Å². The summed E-state index contributed by atoms with van der Waals surface area (Å²) in [4.78, 5) is 14.1. The molecule has 18 heavy (non-hydrogen) atoms. The SMILES string of the molecule is CCNc1ccccc1C(=O)N(CC)CCCO. The van der Waals surface area contributed by atoms with Crippen molar-refractivity contribution in [2.75, 3.05) is 31.6 Å². The fourth-order valence-corrected chi connectivity index (χ4v) is 1.85. The second-order valence-electron chi connectivity index (χ2n) is 4.04. The number of nitrogens with zero attached hydrogens (tertiary/aromatic N) is 1. The number of amides is 1. The maximum absolute atomic E-state index is 12.4. The zero-order valence-corrected chi connectivity index (χ0v) is 11.1. The van der Waals surface area contributed by atoms with Gasteiger partial charge >= 0.3 is 0 Å². The molecular formula is C14H22N2O2. The van der Waals surface area contributed by atoms with Crippen LogP contribution in [0, 0.1) is 0 Å². The van der Waals surface area contributed by atoms with Crippen LogP contribution in [0.25, 0.3) is 0 Å². The predicted octanol–water partition coefficient (Wildman–Crippen LogP) is 1.96. The Balaban J connectivity index is 2.86. The summed E-state index contributed by atoms with van der Waals surface area (Å²) in [6.45, 7) is 6.09. The lowest BCUT2D eigenvalue weighted by Crippen LogP contribution is -2.32. The summed E-state index contributed by atoms with van der Waals surface area (Å²) in [7, 11) is 0. The molecule has 0 bridgehead atoms. The molecule has 0 aliphatic rings. The number of hydrogen-bond donors (Lipinski definition) is 2. The maximum Gasteiger partial charge on any atom is 0.255 e. The lowest BCUT2D eigenvalue weighted by atomic mass is 10.1. The number of nitrogens with one attached hydrogen (secondary N) is 1. The number of para-hydroxylation sites is 1. The van der Waals surface area contributed by atoms with E-state index in [1.165, 1.54) is 0 Å². The molecule has 0 spiro atoms. The molecule has 0 atom stereocenters. The first kappa shape index (κ1) is 14.5. The van der Waals surface area contributed by atoms with Crippen molar-refractivity contribution in [1.29, 1.82) is 0 Å². The van der Waals surface area contributed by atoms with Crippen molar-refractivity contribution in [3.05, 3.63) is 29.8 Å². The minimum atomic E-state index is 0.0162. The second kappa shape index (κ2) is 7.71. The molecule has 0 aromatic heterocycles. The fraction of sp³-hybridized carbons (Fsp3) is 0.500. The Bertz CT molecular complexity index is 380. The number of carbonyl (C=O) groups excluding carboxylic acids is 1. The molecule has 0 fully saturated rings. The largest absolute Gasteiger partial charge is 0.396 e. The maximum atomic E-state index is 12.4. The zero-order valence-electron chi connectivity index (χ0n) is 11.1. The Hall–Kier alpha value is -1.55. The van der Waals surface area contributed by atoms with Crippen molar-refractivity contribution < 1.29 is 9.90 Å². The smallest absolute Gasteiger partial charge is 0.255 e. The summed E-state index contributed by atoms with van der Waals surface area (Å²) in [6.07, 6.45) is 0.614. The van der Waals surface area contributed by atoms with Crippen LogP contribution in [0.5, 0.6) is 0 Å². The molecule has 1 aromatic carbocycles. The van der Waals surface area contributed by atoms with Crippen molar-refractivity contribution in [2.24, 2.45) is 0 Å². The Labute approximate surface area is 109 Å². The van der Waals surface area contributed by atoms with Gasteiger partial charge in [0, 0.05) is 31.9 Å². The van der Waals surface area contributed by atoms with E-state index >= 15 is 0 Å². The first-order chi connectivity index (χ1) is 8.74. The molecule has 0 heterocycles. The molecule has 0 unspecified atom stereocenters. The van der Waals surface area contributed by atoms with E-state index in [9.17, 15) is 4.79 Å². The van der Waals surface area contributed by atoms with Crippen LogP contribution >= 0.6 is 0 Å². The lowest BCUT2D eigenvalue weighted by Gasteiger charge is -2.22. The highest BCUT2D eigenvalue weighted by atomic mass is 16.3. The van der Waals surface area contributed by atoms with Gasteiger partial charge in [0.25, 0.3) is 5.91 Å². The van der Waals surface area contributed by atoms with Gasteiger partial charge in [0.05, 0.1) is 5.56 Å². The first-order valence-corrected chi connectivity index (χ1v) is 6.47. The summed E-state index contributed by atoms with van der Waals surface area (Å²) < 4.78 is 0. The third-order valence-electron chi connectivity index (χ3n) is 2.78. The topological polar surface area (TPSA) is 52.6 Å². The van der Waals surface area contributed by atoms with Gasteiger partial charge < -0.3 is 15.3 Å². The van der Waals surface area contributed by atoms with Crippen molar-refractivity contribution in [3.8, 4) is 0 Å². The third-order valence-corrected chi connectivity index (χ3v) is 2.78. The highest BCUT2D eigenvalue weighted by molar-refractivity contribution is 5.99. The third kappa shape index (κ3) is 3.74. The average molecular weight is 250 g/mol. The van der Waals surface area contributed by atoms with Crippen molar-refractivity contribution in [3.63, 3.8) is 0 Å². The zero-order chi connectivity index (χ0) is 13.4. The standard InChI is InChI=1S/C14H22N2O2/c1-3-15-13-9-6-5-8-12(13)14(18)16(4-2)10-7-11-17/h5-6,8-9,15,17H,3-4,7,10-11H2,1-2H3. The van der Waals surface area contributed by atoms with E-state index in [0.717, 1.165) is 12.2 Å². The van der Waals surface area contributed by atoms with Gasteiger partial charge in [-0.25, -0.2) is 0 Å². The van der Waals surface area contributed by atoms with Crippen LogP contribution in [0.1, 0.15) is 30.6 Å². The number of hydrogen-bond acceptors (Lipinski definition) is 3. The Kier molecular flexibility index (Phi) is 6.22. The molecule has 0 saturated carbocycles. The summed E-state index contributed by atoms with van der Waals surface area (Å²) in [6, 6.07) is 7.53. The molecule has 1 amide bonds. The van der Waals surface area contributed by atoms with Gasteiger partial charge in [-0.1, -0.05) is 12.1 Å². The quantitative estimate of drug-likeness (QED) is 0.778. The van der Waals surface area contributed by atoms with Crippen molar-refractivity contribution in [1.82, 2.24) is 4.90 Å². The highest BCUT2D eigenvalue weighted by Crippen LogP contribution is 2.17. The molecule has 0 saturated heterocycles. The van der Waals surface area contributed by atoms with E-state index in [0.29, 0.717) is 25.1 Å². The number of aliphatic hydroxyl groups excluding tert-OH is 1. The number of anilines is 1. The van der Waals surface area contributed by atoms with Gasteiger partial charge in [-0.2, -0.15) is 0 Å². The van der Waals surface area contributed by atoms with Crippen LogP contribution in [0.2, 0.25) is 0 Å². The Morgan fingerprint density at radius 2 is 2.06 bits per heavy atom. The van der Waals surface area contributed by atoms with Crippen LogP contribution < -0.4 is 5.32 Å². The summed E-state index contributed by atoms with van der Waals surface area (Å²) in [5, 5.41) is 12.0. The number of carbonyl (C=O) groups is 1. The minimum Gasteiger partial charge on any atom is -0.396 e. The molecular weight excluding hydrogens is 228 g/mol. The molecule has 1 aromatic rings. The number of aliphatic hydroxyl groups is 1. The van der Waals surface area contributed by atoms with E-state index in [1.54, 1.807) is 4.90 Å². The molecule has 1 rings (SSSR count). The Morgan fingerprint density at radius 3 is 2.67 bits per heavy atom. The van der Waals surface area contributed by atoms with E-state index in [4.69, 9.17) is 5.11 Å². The summed E-state index contributed by atoms with van der Waals surface area (Å²) in [5.41, 5.74) is 1.56.